The summed E-state index contributed by atoms with van der Waals surface area (Å²) >= 11 is 0. The highest BCUT2D eigenvalue weighted by Gasteiger charge is 2.13. The summed E-state index contributed by atoms with van der Waals surface area (Å²) in [4.78, 5) is 28.3. The molecule has 9 nitrogen and oxygen atoms in total. The highest BCUT2D eigenvalue weighted by Crippen LogP contribution is 2.36. The molecule has 0 saturated carbocycles. The fourth-order valence-electron chi connectivity index (χ4n) is 3.35. The number of fused-ring (bicyclic) bond motifs is 1. The average Bonchev–Trinajstić information content (AvgIpc) is 2.86. The van der Waals surface area contributed by atoms with Crippen molar-refractivity contribution >= 4 is 34.3 Å². The van der Waals surface area contributed by atoms with Crippen molar-refractivity contribution in [2.45, 2.75) is 6.92 Å². The number of hydrogen-bond donors (Lipinski definition) is 2. The minimum Gasteiger partial charge on any atom is -0.489 e. The summed E-state index contributed by atoms with van der Waals surface area (Å²) in [6, 6.07) is 20.9. The van der Waals surface area contributed by atoms with E-state index in [-0.39, 0.29) is 5.91 Å². The summed E-state index contributed by atoms with van der Waals surface area (Å²) in [6.07, 6.45) is 1.04. The smallest absolute Gasteiger partial charge is 0.417 e. The van der Waals surface area contributed by atoms with Gasteiger partial charge in [0.15, 0.2) is 0 Å². The molecule has 0 atom stereocenters. The molecular formula is C27H25N3O6. The largest absolute Gasteiger partial charge is 0.489 e. The highest BCUT2D eigenvalue weighted by molar-refractivity contribution is 5.97. The number of benzene rings is 3. The van der Waals surface area contributed by atoms with Crippen LogP contribution in [0.25, 0.3) is 10.9 Å². The second kappa shape index (κ2) is 11.7. The van der Waals surface area contributed by atoms with Gasteiger partial charge in [0, 0.05) is 37.4 Å². The first-order valence-corrected chi connectivity index (χ1v) is 11.2. The fourth-order valence-corrected chi connectivity index (χ4v) is 3.35. The van der Waals surface area contributed by atoms with E-state index in [1.807, 2.05) is 6.07 Å². The van der Waals surface area contributed by atoms with Crippen molar-refractivity contribution in [2.75, 3.05) is 31.0 Å². The number of nitrogens with zero attached hydrogens (tertiary/aromatic N) is 1. The molecule has 0 aliphatic carbocycles. The summed E-state index contributed by atoms with van der Waals surface area (Å²) in [6.45, 7) is 2.15. The number of carbonyl (C=O) groups excluding carboxylic acids is 2. The van der Waals surface area contributed by atoms with Gasteiger partial charge in [-0.3, -0.25) is 15.1 Å². The maximum Gasteiger partial charge on any atom is 0.417 e. The van der Waals surface area contributed by atoms with Gasteiger partial charge in [0.2, 0.25) is 5.91 Å². The quantitative estimate of drug-likeness (QED) is 0.295. The van der Waals surface area contributed by atoms with Crippen LogP contribution in [0, 0.1) is 0 Å². The predicted octanol–water partition coefficient (Wildman–Crippen LogP) is 5.62. The number of aromatic nitrogens is 1. The Morgan fingerprint density at radius 2 is 1.64 bits per heavy atom. The number of anilines is 2. The molecule has 2 N–H and O–H groups in total. The van der Waals surface area contributed by atoms with Crippen LogP contribution in [0.2, 0.25) is 0 Å². The minimum atomic E-state index is -0.594. The molecule has 0 radical (unpaired) electrons. The topological polar surface area (TPSA) is 108 Å². The summed E-state index contributed by atoms with van der Waals surface area (Å²) in [5.41, 5.74) is 1.69. The van der Waals surface area contributed by atoms with Crippen LogP contribution in [0.1, 0.15) is 6.92 Å². The van der Waals surface area contributed by atoms with Gasteiger partial charge in [0.25, 0.3) is 0 Å². The van der Waals surface area contributed by atoms with Crippen molar-refractivity contribution in [2.24, 2.45) is 0 Å². The number of amides is 2. The van der Waals surface area contributed by atoms with Crippen LogP contribution in [0.3, 0.4) is 0 Å². The van der Waals surface area contributed by atoms with E-state index < -0.39 is 6.09 Å². The summed E-state index contributed by atoms with van der Waals surface area (Å²) < 4.78 is 22.1. The maximum atomic E-state index is 12.1. The Morgan fingerprint density at radius 3 is 2.36 bits per heavy atom. The van der Waals surface area contributed by atoms with E-state index in [0.717, 1.165) is 0 Å². The molecule has 0 aliphatic rings. The Kier molecular flexibility index (Phi) is 7.94. The zero-order valence-corrected chi connectivity index (χ0v) is 19.8. The Balaban J connectivity index is 1.50. The highest BCUT2D eigenvalue weighted by atomic mass is 16.6. The number of para-hydroxylation sites is 1. The molecule has 9 heteroatoms. The first-order valence-electron chi connectivity index (χ1n) is 11.2. The molecule has 2 amide bonds. The molecular weight excluding hydrogens is 462 g/mol. The van der Waals surface area contributed by atoms with Crippen LogP contribution in [0.4, 0.5) is 16.2 Å². The Hall–Kier alpha value is -4.63. The average molecular weight is 488 g/mol. The molecule has 184 valence electrons. The minimum absolute atomic E-state index is 0.230. The third-order valence-corrected chi connectivity index (χ3v) is 4.94. The van der Waals surface area contributed by atoms with Crippen LogP contribution in [-0.4, -0.2) is 37.3 Å². The molecule has 1 aromatic heterocycles. The normalized spacial score (nSPS) is 10.5. The molecule has 36 heavy (non-hydrogen) atoms. The molecule has 1 heterocycles. The molecule has 0 aliphatic heterocycles. The maximum absolute atomic E-state index is 12.1. The monoisotopic (exact) mass is 487 g/mol. The number of carbonyl (C=O) groups is 2. The van der Waals surface area contributed by atoms with E-state index in [1.165, 1.54) is 6.92 Å². The Bertz CT molecular complexity index is 1340. The fraction of sp³-hybridized carbons (Fsp3) is 0.148. The molecule has 4 rings (SSSR count). The van der Waals surface area contributed by atoms with Gasteiger partial charge in [-0.1, -0.05) is 18.2 Å². The summed E-state index contributed by atoms with van der Waals surface area (Å²) in [5.74, 6) is 1.79. The SMILES string of the molecule is COCCOc1cc2nccc(Oc3ccc(NC(=O)Oc4ccccc4)cc3)c2cc1NC(C)=O. The summed E-state index contributed by atoms with van der Waals surface area (Å²) in [5, 5.41) is 6.15. The lowest BCUT2D eigenvalue weighted by Crippen LogP contribution is -2.16. The van der Waals surface area contributed by atoms with Crippen LogP contribution < -0.4 is 24.8 Å². The van der Waals surface area contributed by atoms with Gasteiger partial charge >= 0.3 is 6.09 Å². The van der Waals surface area contributed by atoms with E-state index in [1.54, 1.807) is 80.0 Å². The van der Waals surface area contributed by atoms with Crippen LogP contribution in [-0.2, 0) is 9.53 Å². The van der Waals surface area contributed by atoms with Crippen molar-refractivity contribution in [3.63, 3.8) is 0 Å². The van der Waals surface area contributed by atoms with Gasteiger partial charge in [0.1, 0.15) is 29.6 Å². The van der Waals surface area contributed by atoms with Gasteiger partial charge in [-0.25, -0.2) is 4.79 Å². The first-order chi connectivity index (χ1) is 17.5. The number of nitrogens with one attached hydrogen (secondary N) is 2. The molecule has 0 bridgehead atoms. The number of rotatable bonds is 9. The van der Waals surface area contributed by atoms with Crippen molar-refractivity contribution in [1.29, 1.82) is 0 Å². The van der Waals surface area contributed by atoms with Gasteiger partial charge in [-0.15, -0.1) is 0 Å². The molecule has 0 spiro atoms. The molecule has 4 aromatic rings. The van der Waals surface area contributed by atoms with Crippen LogP contribution >= 0.6 is 0 Å². The van der Waals surface area contributed by atoms with Crippen LogP contribution in [0.15, 0.2) is 79.0 Å². The molecule has 0 fully saturated rings. The van der Waals surface area contributed by atoms with Gasteiger partial charge in [0.05, 0.1) is 17.8 Å². The Labute approximate surface area is 208 Å². The van der Waals surface area contributed by atoms with E-state index in [0.29, 0.717) is 58.5 Å². The number of pyridine rings is 1. The van der Waals surface area contributed by atoms with E-state index in [4.69, 9.17) is 18.9 Å². The van der Waals surface area contributed by atoms with Gasteiger partial charge in [-0.2, -0.15) is 0 Å². The van der Waals surface area contributed by atoms with Crippen LogP contribution in [0.5, 0.6) is 23.0 Å². The molecule has 0 unspecified atom stereocenters. The second-order valence-electron chi connectivity index (χ2n) is 7.65. The van der Waals surface area contributed by atoms with Crippen molar-refractivity contribution in [3.8, 4) is 23.0 Å². The standard InChI is InChI=1S/C27H25N3O6/c1-18(31)29-24-16-22-23(17-26(24)34-15-14-33-2)28-13-12-25(22)35-21-10-8-19(9-11-21)30-27(32)36-20-6-4-3-5-7-20/h3-13,16-17H,14-15H2,1-2H3,(H,29,31)(H,30,32). The third kappa shape index (κ3) is 6.49. The number of methoxy groups -OCH3 is 1. The zero-order chi connectivity index (χ0) is 25.3. The Morgan fingerprint density at radius 1 is 0.861 bits per heavy atom. The zero-order valence-electron chi connectivity index (χ0n) is 19.8. The van der Waals surface area contributed by atoms with Crippen molar-refractivity contribution < 1.29 is 28.5 Å². The van der Waals surface area contributed by atoms with Crippen molar-refractivity contribution in [1.82, 2.24) is 4.98 Å². The number of hydrogen-bond acceptors (Lipinski definition) is 7. The molecule has 3 aromatic carbocycles. The van der Waals surface area contributed by atoms with Gasteiger partial charge < -0.3 is 24.3 Å². The lowest BCUT2D eigenvalue weighted by atomic mass is 10.1. The molecule has 0 saturated heterocycles. The number of ether oxygens (including phenoxy) is 4. The lowest BCUT2D eigenvalue weighted by Gasteiger charge is -2.15. The predicted molar refractivity (Wildman–Crippen MR) is 136 cm³/mol. The van der Waals surface area contributed by atoms with E-state index in [2.05, 4.69) is 15.6 Å². The first kappa shape index (κ1) is 24.5. The third-order valence-electron chi connectivity index (χ3n) is 4.94. The van der Waals surface area contributed by atoms with E-state index in [9.17, 15) is 9.59 Å². The summed E-state index contributed by atoms with van der Waals surface area (Å²) in [7, 11) is 1.59. The second-order valence-corrected chi connectivity index (χ2v) is 7.65. The van der Waals surface area contributed by atoms with Gasteiger partial charge in [-0.05, 0) is 48.5 Å². The van der Waals surface area contributed by atoms with Crippen molar-refractivity contribution in [3.05, 3.63) is 79.0 Å². The lowest BCUT2D eigenvalue weighted by molar-refractivity contribution is -0.114. The van der Waals surface area contributed by atoms with E-state index >= 15 is 0 Å².